The van der Waals surface area contributed by atoms with Gasteiger partial charge in [-0.15, -0.1) is 0 Å². The third-order valence-electron chi connectivity index (χ3n) is 2.62. The van der Waals surface area contributed by atoms with Gasteiger partial charge < -0.3 is 5.32 Å². The molecule has 2 heterocycles. The van der Waals surface area contributed by atoms with E-state index >= 15 is 0 Å². The lowest BCUT2D eigenvalue weighted by Gasteiger charge is -2.20. The van der Waals surface area contributed by atoms with E-state index in [0.29, 0.717) is 0 Å². The molecule has 0 radical (unpaired) electrons. The number of hydrogen-bond acceptors (Lipinski definition) is 3. The maximum Gasteiger partial charge on any atom is 0.0883 e. The first-order valence-corrected chi connectivity index (χ1v) is 6.25. The molecule has 2 aromatic rings. The Morgan fingerprint density at radius 1 is 1.22 bits per heavy atom. The molecule has 4 nitrogen and oxygen atoms in total. The Labute approximate surface area is 108 Å². The number of rotatable bonds is 4. The van der Waals surface area contributed by atoms with E-state index in [2.05, 4.69) is 47.3 Å². The van der Waals surface area contributed by atoms with Crippen LogP contribution in [0.2, 0.25) is 0 Å². The predicted molar refractivity (Wildman–Crippen MR) is 73.3 cm³/mol. The van der Waals surface area contributed by atoms with Gasteiger partial charge in [-0.1, -0.05) is 6.07 Å². The van der Waals surface area contributed by atoms with E-state index in [4.69, 9.17) is 0 Å². The Hall–Kier alpha value is -1.68. The molecule has 2 rings (SSSR count). The molecular formula is C14H20N4. The lowest BCUT2D eigenvalue weighted by molar-refractivity contribution is 0.428. The van der Waals surface area contributed by atoms with Crippen LogP contribution in [0.15, 0.2) is 30.5 Å². The molecule has 4 heteroatoms. The maximum absolute atomic E-state index is 4.62. The molecule has 2 N–H and O–H groups in total. The van der Waals surface area contributed by atoms with Crippen LogP contribution in [0.5, 0.6) is 0 Å². The third kappa shape index (κ3) is 3.67. The summed E-state index contributed by atoms with van der Waals surface area (Å²) in [4.78, 5) is 4.62. The van der Waals surface area contributed by atoms with Crippen LogP contribution in [0.1, 0.15) is 26.5 Å². The van der Waals surface area contributed by atoms with Crippen molar-refractivity contribution in [3.05, 3.63) is 36.2 Å². The van der Waals surface area contributed by atoms with Crippen LogP contribution in [-0.2, 0) is 6.42 Å². The average molecular weight is 244 g/mol. The molecule has 0 bridgehead atoms. The molecule has 0 saturated heterocycles. The molecular weight excluding hydrogens is 224 g/mol. The van der Waals surface area contributed by atoms with E-state index in [1.807, 2.05) is 18.2 Å². The van der Waals surface area contributed by atoms with Crippen LogP contribution < -0.4 is 5.32 Å². The van der Waals surface area contributed by atoms with Crippen molar-refractivity contribution in [3.63, 3.8) is 0 Å². The fourth-order valence-electron chi connectivity index (χ4n) is 1.73. The zero-order valence-electron chi connectivity index (χ0n) is 11.2. The monoisotopic (exact) mass is 244 g/mol. The second kappa shape index (κ2) is 5.31. The normalized spacial score (nSPS) is 11.7. The van der Waals surface area contributed by atoms with E-state index < -0.39 is 0 Å². The minimum atomic E-state index is 0.154. The van der Waals surface area contributed by atoms with Crippen LogP contribution in [0, 0.1) is 0 Å². The lowest BCUT2D eigenvalue weighted by atomic mass is 10.1. The van der Waals surface area contributed by atoms with Gasteiger partial charge in [-0.05, 0) is 39.0 Å². The summed E-state index contributed by atoms with van der Waals surface area (Å²) in [5.41, 5.74) is 3.15. The van der Waals surface area contributed by atoms with E-state index in [1.54, 1.807) is 6.20 Å². The van der Waals surface area contributed by atoms with Crippen molar-refractivity contribution in [1.29, 1.82) is 0 Å². The minimum absolute atomic E-state index is 0.154. The Balaban J connectivity index is 2.00. The van der Waals surface area contributed by atoms with Crippen molar-refractivity contribution in [3.8, 4) is 11.4 Å². The second-order valence-corrected chi connectivity index (χ2v) is 5.41. The number of pyridine rings is 1. The van der Waals surface area contributed by atoms with Crippen molar-refractivity contribution in [2.75, 3.05) is 6.54 Å². The highest BCUT2D eigenvalue weighted by molar-refractivity contribution is 5.53. The molecule has 2 aromatic heterocycles. The number of hydrogen-bond donors (Lipinski definition) is 2. The molecule has 96 valence electrons. The number of nitrogens with zero attached hydrogens (tertiary/aromatic N) is 2. The average Bonchev–Trinajstić information content (AvgIpc) is 2.81. The molecule has 0 amide bonds. The van der Waals surface area contributed by atoms with E-state index in [0.717, 1.165) is 30.0 Å². The molecule has 0 spiro atoms. The van der Waals surface area contributed by atoms with Gasteiger partial charge in [0.2, 0.25) is 0 Å². The van der Waals surface area contributed by atoms with Crippen LogP contribution in [0.4, 0.5) is 0 Å². The van der Waals surface area contributed by atoms with E-state index in [-0.39, 0.29) is 5.54 Å². The predicted octanol–water partition coefficient (Wildman–Crippen LogP) is 2.40. The molecule has 0 atom stereocenters. The maximum atomic E-state index is 4.62. The number of aromatic nitrogens is 3. The molecule has 0 aliphatic carbocycles. The first kappa shape index (κ1) is 12.8. The molecule has 0 aliphatic rings. The highest BCUT2D eigenvalue weighted by Gasteiger charge is 2.08. The molecule has 0 saturated carbocycles. The zero-order valence-corrected chi connectivity index (χ0v) is 11.2. The molecule has 0 unspecified atom stereocenters. The summed E-state index contributed by atoms with van der Waals surface area (Å²) in [5, 5.41) is 10.3. The minimum Gasteiger partial charge on any atom is -0.312 e. The fraction of sp³-hybridized carbons (Fsp3) is 0.429. The number of nitrogens with one attached hydrogen (secondary N) is 2. The van der Waals surface area contributed by atoms with Crippen molar-refractivity contribution in [2.24, 2.45) is 0 Å². The summed E-state index contributed by atoms with van der Waals surface area (Å²) < 4.78 is 0. The summed E-state index contributed by atoms with van der Waals surface area (Å²) in [6, 6.07) is 8.02. The Kier molecular flexibility index (Phi) is 3.77. The van der Waals surface area contributed by atoms with Gasteiger partial charge in [-0.2, -0.15) is 5.10 Å². The lowest BCUT2D eigenvalue weighted by Crippen LogP contribution is -2.37. The molecule has 18 heavy (non-hydrogen) atoms. The van der Waals surface area contributed by atoms with Crippen molar-refractivity contribution in [2.45, 2.75) is 32.7 Å². The van der Waals surface area contributed by atoms with Crippen molar-refractivity contribution >= 4 is 0 Å². The fourth-order valence-corrected chi connectivity index (χ4v) is 1.73. The SMILES string of the molecule is CC(C)(C)NCCc1cccc(-c2ccn[nH]2)n1. The van der Waals surface area contributed by atoms with Gasteiger partial charge in [-0.25, -0.2) is 0 Å². The Morgan fingerprint density at radius 3 is 2.72 bits per heavy atom. The zero-order chi connectivity index (χ0) is 13.0. The summed E-state index contributed by atoms with van der Waals surface area (Å²) >= 11 is 0. The van der Waals surface area contributed by atoms with Crippen LogP contribution in [0.25, 0.3) is 11.4 Å². The molecule has 0 aliphatic heterocycles. The third-order valence-corrected chi connectivity index (χ3v) is 2.62. The van der Waals surface area contributed by atoms with Gasteiger partial charge in [0.05, 0.1) is 11.4 Å². The second-order valence-electron chi connectivity index (χ2n) is 5.41. The Morgan fingerprint density at radius 2 is 2.06 bits per heavy atom. The summed E-state index contributed by atoms with van der Waals surface area (Å²) in [7, 11) is 0. The molecule has 0 fully saturated rings. The Bertz CT molecular complexity index is 483. The van der Waals surface area contributed by atoms with Gasteiger partial charge in [0.25, 0.3) is 0 Å². The van der Waals surface area contributed by atoms with Crippen LogP contribution in [0.3, 0.4) is 0 Å². The van der Waals surface area contributed by atoms with Gasteiger partial charge in [0, 0.05) is 30.4 Å². The first-order valence-electron chi connectivity index (χ1n) is 6.25. The quantitative estimate of drug-likeness (QED) is 0.868. The van der Waals surface area contributed by atoms with Gasteiger partial charge >= 0.3 is 0 Å². The number of H-pyrrole nitrogens is 1. The van der Waals surface area contributed by atoms with Gasteiger partial charge in [0.15, 0.2) is 0 Å². The smallest absolute Gasteiger partial charge is 0.0883 e. The number of aromatic amines is 1. The summed E-state index contributed by atoms with van der Waals surface area (Å²) in [5.74, 6) is 0. The van der Waals surface area contributed by atoms with E-state index in [9.17, 15) is 0 Å². The topological polar surface area (TPSA) is 53.6 Å². The van der Waals surface area contributed by atoms with Gasteiger partial charge in [0.1, 0.15) is 0 Å². The van der Waals surface area contributed by atoms with Crippen LogP contribution >= 0.6 is 0 Å². The first-order chi connectivity index (χ1) is 8.54. The summed E-state index contributed by atoms with van der Waals surface area (Å²) in [6.07, 6.45) is 2.67. The standard InChI is InChI=1S/C14H20N4/c1-14(2,3)15-9-7-11-5-4-6-12(17-11)13-8-10-16-18-13/h4-6,8,10,15H,7,9H2,1-3H3,(H,16,18). The highest BCUT2D eigenvalue weighted by Crippen LogP contribution is 2.13. The van der Waals surface area contributed by atoms with Crippen LogP contribution in [-0.4, -0.2) is 27.3 Å². The van der Waals surface area contributed by atoms with Gasteiger partial charge in [-0.3, -0.25) is 10.1 Å². The summed E-state index contributed by atoms with van der Waals surface area (Å²) in [6.45, 7) is 7.44. The van der Waals surface area contributed by atoms with Crippen molar-refractivity contribution < 1.29 is 0 Å². The molecule has 0 aromatic carbocycles. The highest BCUT2D eigenvalue weighted by atomic mass is 15.1. The largest absolute Gasteiger partial charge is 0.312 e. The van der Waals surface area contributed by atoms with E-state index in [1.165, 1.54) is 0 Å². The van der Waals surface area contributed by atoms with Crippen molar-refractivity contribution in [1.82, 2.24) is 20.5 Å².